The van der Waals surface area contributed by atoms with Gasteiger partial charge < -0.3 is 23.9 Å². The molecule has 0 radical (unpaired) electrons. The molecule has 0 unspecified atom stereocenters. The highest BCUT2D eigenvalue weighted by Gasteiger charge is 2.13. The van der Waals surface area contributed by atoms with E-state index in [4.69, 9.17) is 18.6 Å². The van der Waals surface area contributed by atoms with Crippen LogP contribution in [0.4, 0.5) is 0 Å². The molecule has 0 aliphatic rings. The lowest BCUT2D eigenvalue weighted by Crippen LogP contribution is -2.13. The summed E-state index contributed by atoms with van der Waals surface area (Å²) >= 11 is 0. The van der Waals surface area contributed by atoms with Crippen LogP contribution in [-0.4, -0.2) is 26.3 Å². The molecule has 0 amide bonds. The lowest BCUT2D eigenvalue weighted by atomic mass is 10.1. The Labute approximate surface area is 159 Å². The minimum atomic E-state index is 0.586. The summed E-state index contributed by atoms with van der Waals surface area (Å²) in [6, 6.07) is 12.0. The second kappa shape index (κ2) is 8.60. The Morgan fingerprint density at radius 3 is 2.19 bits per heavy atom. The molecule has 0 aliphatic heterocycles. The first-order valence-electron chi connectivity index (χ1n) is 8.65. The van der Waals surface area contributed by atoms with Crippen molar-refractivity contribution >= 4 is 0 Å². The molecule has 1 heterocycles. The van der Waals surface area contributed by atoms with Gasteiger partial charge in [0.05, 0.1) is 27.0 Å². The van der Waals surface area contributed by atoms with Crippen molar-refractivity contribution in [3.05, 3.63) is 59.5 Å². The van der Waals surface area contributed by atoms with Crippen LogP contribution in [0.5, 0.6) is 17.2 Å². The molecule has 3 aromatic rings. The van der Waals surface area contributed by atoms with Gasteiger partial charge >= 0.3 is 0 Å². The Morgan fingerprint density at radius 1 is 0.926 bits per heavy atom. The summed E-state index contributed by atoms with van der Waals surface area (Å²) in [6.07, 6.45) is 1.68. The molecule has 6 heteroatoms. The van der Waals surface area contributed by atoms with Gasteiger partial charge in [-0.1, -0.05) is 17.7 Å². The summed E-state index contributed by atoms with van der Waals surface area (Å²) in [4.78, 5) is 4.54. The average molecular weight is 368 g/mol. The van der Waals surface area contributed by atoms with Gasteiger partial charge in [0, 0.05) is 18.7 Å². The monoisotopic (exact) mass is 368 g/mol. The predicted molar refractivity (Wildman–Crippen MR) is 103 cm³/mol. The number of nitrogens with one attached hydrogen (secondary N) is 1. The first-order chi connectivity index (χ1) is 13.1. The highest BCUT2D eigenvalue weighted by atomic mass is 16.5. The van der Waals surface area contributed by atoms with E-state index in [1.165, 1.54) is 5.56 Å². The number of aryl methyl sites for hydroxylation is 1. The third-order valence-electron chi connectivity index (χ3n) is 4.21. The molecule has 0 atom stereocenters. The van der Waals surface area contributed by atoms with Gasteiger partial charge in [0.1, 0.15) is 6.26 Å². The van der Waals surface area contributed by atoms with E-state index in [-0.39, 0.29) is 0 Å². The Morgan fingerprint density at radius 2 is 1.59 bits per heavy atom. The number of methoxy groups -OCH3 is 3. The van der Waals surface area contributed by atoms with E-state index in [1.807, 2.05) is 36.4 Å². The number of benzene rings is 2. The summed E-state index contributed by atoms with van der Waals surface area (Å²) in [5, 5.41) is 3.36. The fourth-order valence-corrected chi connectivity index (χ4v) is 2.79. The molecule has 0 spiro atoms. The smallest absolute Gasteiger partial charge is 0.226 e. The number of aromatic nitrogens is 1. The summed E-state index contributed by atoms with van der Waals surface area (Å²) in [6.45, 7) is 3.27. The van der Waals surface area contributed by atoms with Gasteiger partial charge in [-0.2, -0.15) is 0 Å². The standard InChI is InChI=1S/C21H24N2O4/c1-14-5-7-16(8-6-14)21-23-17(13-27-21)12-22-11-15-9-18(24-2)20(26-4)19(10-15)25-3/h5-10,13,22H,11-12H2,1-4H3. The minimum absolute atomic E-state index is 0.586. The van der Waals surface area contributed by atoms with Crippen LogP contribution >= 0.6 is 0 Å². The molecule has 0 fully saturated rings. The molecule has 3 rings (SSSR count). The van der Waals surface area contributed by atoms with Gasteiger partial charge in [-0.3, -0.25) is 0 Å². The molecular weight excluding hydrogens is 344 g/mol. The van der Waals surface area contributed by atoms with Crippen LogP contribution in [0.3, 0.4) is 0 Å². The van der Waals surface area contributed by atoms with Crippen molar-refractivity contribution in [1.29, 1.82) is 0 Å². The fraction of sp³-hybridized carbons (Fsp3) is 0.286. The van der Waals surface area contributed by atoms with Crippen LogP contribution in [0.1, 0.15) is 16.8 Å². The van der Waals surface area contributed by atoms with E-state index >= 15 is 0 Å². The Hall–Kier alpha value is -2.99. The van der Waals surface area contributed by atoms with E-state index in [9.17, 15) is 0 Å². The van der Waals surface area contributed by atoms with E-state index in [0.717, 1.165) is 16.8 Å². The second-order valence-corrected chi connectivity index (χ2v) is 6.15. The summed E-state index contributed by atoms with van der Waals surface area (Å²) in [5.41, 5.74) is 4.04. The zero-order chi connectivity index (χ0) is 19.2. The number of hydrogen-bond donors (Lipinski definition) is 1. The first-order valence-corrected chi connectivity index (χ1v) is 8.65. The van der Waals surface area contributed by atoms with Gasteiger partial charge in [0.2, 0.25) is 11.6 Å². The number of oxazole rings is 1. The van der Waals surface area contributed by atoms with Gasteiger partial charge in [-0.15, -0.1) is 0 Å². The minimum Gasteiger partial charge on any atom is -0.493 e. The molecule has 0 saturated carbocycles. The molecule has 27 heavy (non-hydrogen) atoms. The summed E-state index contributed by atoms with van der Waals surface area (Å²) in [7, 11) is 4.81. The van der Waals surface area contributed by atoms with Crippen molar-refractivity contribution in [2.45, 2.75) is 20.0 Å². The van der Waals surface area contributed by atoms with Gasteiger partial charge in [-0.05, 0) is 36.8 Å². The molecule has 1 N–H and O–H groups in total. The average Bonchev–Trinajstić information content (AvgIpc) is 3.16. The second-order valence-electron chi connectivity index (χ2n) is 6.15. The number of ether oxygens (including phenoxy) is 3. The normalized spacial score (nSPS) is 10.7. The molecule has 0 bridgehead atoms. The molecule has 142 valence electrons. The maximum atomic E-state index is 5.59. The maximum Gasteiger partial charge on any atom is 0.226 e. The topological polar surface area (TPSA) is 65.8 Å². The van der Waals surface area contributed by atoms with Gasteiger partial charge in [0.15, 0.2) is 11.5 Å². The number of nitrogens with zero attached hydrogens (tertiary/aromatic N) is 1. The van der Waals surface area contributed by atoms with Crippen molar-refractivity contribution in [3.63, 3.8) is 0 Å². The maximum absolute atomic E-state index is 5.59. The third kappa shape index (κ3) is 4.41. The summed E-state index contributed by atoms with van der Waals surface area (Å²) in [5.74, 6) is 2.48. The van der Waals surface area contributed by atoms with E-state index in [0.29, 0.717) is 36.2 Å². The molecule has 6 nitrogen and oxygen atoms in total. The lowest BCUT2D eigenvalue weighted by Gasteiger charge is -2.14. The van der Waals surface area contributed by atoms with Crippen molar-refractivity contribution in [2.75, 3.05) is 21.3 Å². The molecule has 0 saturated heterocycles. The molecule has 0 aliphatic carbocycles. The quantitative estimate of drug-likeness (QED) is 0.649. The third-order valence-corrected chi connectivity index (χ3v) is 4.21. The predicted octanol–water partition coefficient (Wildman–Crippen LogP) is 3.97. The van der Waals surface area contributed by atoms with Gasteiger partial charge in [0.25, 0.3) is 0 Å². The van der Waals surface area contributed by atoms with Crippen molar-refractivity contribution in [3.8, 4) is 28.7 Å². The van der Waals surface area contributed by atoms with Crippen LogP contribution < -0.4 is 19.5 Å². The van der Waals surface area contributed by atoms with Crippen molar-refractivity contribution in [1.82, 2.24) is 10.3 Å². The van der Waals surface area contributed by atoms with Crippen molar-refractivity contribution in [2.24, 2.45) is 0 Å². The Kier molecular flexibility index (Phi) is 5.98. The Balaban J connectivity index is 1.64. The summed E-state index contributed by atoms with van der Waals surface area (Å²) < 4.78 is 21.7. The van der Waals surface area contributed by atoms with Crippen LogP contribution in [0.25, 0.3) is 11.5 Å². The van der Waals surface area contributed by atoms with Gasteiger partial charge in [-0.25, -0.2) is 4.98 Å². The molecule has 2 aromatic carbocycles. The van der Waals surface area contributed by atoms with Crippen LogP contribution in [0.2, 0.25) is 0 Å². The first kappa shape index (κ1) is 18.8. The van der Waals surface area contributed by atoms with E-state index in [1.54, 1.807) is 27.6 Å². The van der Waals surface area contributed by atoms with Crippen LogP contribution in [0, 0.1) is 6.92 Å². The SMILES string of the molecule is COc1cc(CNCc2coc(-c3ccc(C)cc3)n2)cc(OC)c1OC. The van der Waals surface area contributed by atoms with E-state index in [2.05, 4.69) is 17.2 Å². The highest BCUT2D eigenvalue weighted by molar-refractivity contribution is 5.54. The fourth-order valence-electron chi connectivity index (χ4n) is 2.79. The highest BCUT2D eigenvalue weighted by Crippen LogP contribution is 2.38. The van der Waals surface area contributed by atoms with Crippen LogP contribution in [-0.2, 0) is 13.1 Å². The zero-order valence-corrected chi connectivity index (χ0v) is 16.0. The molecule has 1 aromatic heterocycles. The van der Waals surface area contributed by atoms with Crippen LogP contribution in [0.15, 0.2) is 47.1 Å². The molecular formula is C21H24N2O4. The lowest BCUT2D eigenvalue weighted by molar-refractivity contribution is 0.323. The number of rotatable bonds is 8. The Bertz CT molecular complexity index is 862. The number of hydrogen-bond acceptors (Lipinski definition) is 6. The van der Waals surface area contributed by atoms with Crippen molar-refractivity contribution < 1.29 is 18.6 Å². The zero-order valence-electron chi connectivity index (χ0n) is 16.0. The largest absolute Gasteiger partial charge is 0.493 e. The van der Waals surface area contributed by atoms with E-state index < -0.39 is 0 Å².